The standard InChI is InChI=1S/C18H22O2S2/c1-12(18(21-3)22-4)17(19)16-11-14(16)8-5-13-6-9-15(20-2)10-7-13/h5-10,14,16H,11H2,1-4H3/b8-5+/t14-,16-/m1/s1. The molecule has 0 aromatic heterocycles. The summed E-state index contributed by atoms with van der Waals surface area (Å²) in [6, 6.07) is 7.95. The molecule has 1 aromatic carbocycles. The van der Waals surface area contributed by atoms with Gasteiger partial charge in [0.25, 0.3) is 0 Å². The summed E-state index contributed by atoms with van der Waals surface area (Å²) in [5, 5.41) is 0. The molecule has 1 saturated carbocycles. The Kier molecular flexibility index (Phi) is 6.21. The Morgan fingerprint density at radius 2 is 1.86 bits per heavy atom. The van der Waals surface area contributed by atoms with E-state index in [1.54, 1.807) is 30.6 Å². The second kappa shape index (κ2) is 7.93. The van der Waals surface area contributed by atoms with Crippen LogP contribution in [0.3, 0.4) is 0 Å². The van der Waals surface area contributed by atoms with E-state index in [1.165, 1.54) is 0 Å². The van der Waals surface area contributed by atoms with E-state index in [9.17, 15) is 4.79 Å². The van der Waals surface area contributed by atoms with Crippen LogP contribution in [0.25, 0.3) is 6.08 Å². The number of ether oxygens (including phenoxy) is 1. The molecule has 4 heteroatoms. The average Bonchev–Trinajstić information content (AvgIpc) is 3.33. The van der Waals surface area contributed by atoms with Crippen LogP contribution in [0, 0.1) is 11.8 Å². The molecule has 2 nitrogen and oxygen atoms in total. The minimum Gasteiger partial charge on any atom is -0.497 e. The molecule has 0 N–H and O–H groups in total. The summed E-state index contributed by atoms with van der Waals surface area (Å²) >= 11 is 3.32. The Morgan fingerprint density at radius 1 is 1.23 bits per heavy atom. The van der Waals surface area contributed by atoms with Crippen molar-refractivity contribution in [2.45, 2.75) is 13.3 Å². The van der Waals surface area contributed by atoms with Crippen LogP contribution in [-0.2, 0) is 4.79 Å². The Balaban J connectivity index is 1.96. The topological polar surface area (TPSA) is 26.3 Å². The van der Waals surface area contributed by atoms with E-state index >= 15 is 0 Å². The van der Waals surface area contributed by atoms with E-state index in [-0.39, 0.29) is 5.92 Å². The molecular formula is C18H22O2S2. The lowest BCUT2D eigenvalue weighted by Gasteiger charge is -2.05. The maximum absolute atomic E-state index is 12.4. The number of carbonyl (C=O) groups is 1. The predicted molar refractivity (Wildman–Crippen MR) is 98.4 cm³/mol. The molecule has 2 atom stereocenters. The number of carbonyl (C=O) groups excluding carboxylic acids is 1. The first-order chi connectivity index (χ1) is 10.6. The maximum Gasteiger partial charge on any atom is 0.163 e. The lowest BCUT2D eigenvalue weighted by Crippen LogP contribution is -2.04. The highest BCUT2D eigenvalue weighted by Gasteiger charge is 2.41. The number of hydrogen-bond acceptors (Lipinski definition) is 4. The normalized spacial score (nSPS) is 20.0. The first kappa shape index (κ1) is 17.2. The zero-order chi connectivity index (χ0) is 16.1. The number of methoxy groups -OCH3 is 1. The third kappa shape index (κ3) is 4.20. The Morgan fingerprint density at radius 3 is 2.41 bits per heavy atom. The molecule has 0 unspecified atom stereocenters. The first-order valence-electron chi connectivity index (χ1n) is 7.26. The van der Waals surface area contributed by atoms with Crippen LogP contribution >= 0.6 is 23.5 Å². The molecule has 0 spiro atoms. The van der Waals surface area contributed by atoms with Crippen molar-refractivity contribution in [1.29, 1.82) is 0 Å². The van der Waals surface area contributed by atoms with Crippen LogP contribution in [0.15, 0.2) is 40.2 Å². The molecule has 0 aliphatic heterocycles. The zero-order valence-electron chi connectivity index (χ0n) is 13.5. The third-order valence-corrected chi connectivity index (χ3v) is 6.23. The highest BCUT2D eigenvalue weighted by atomic mass is 32.2. The molecule has 0 saturated heterocycles. The van der Waals surface area contributed by atoms with Crippen molar-refractivity contribution in [2.24, 2.45) is 11.8 Å². The summed E-state index contributed by atoms with van der Waals surface area (Å²) in [4.78, 5) is 12.4. The highest BCUT2D eigenvalue weighted by Crippen LogP contribution is 2.43. The van der Waals surface area contributed by atoms with Gasteiger partial charge >= 0.3 is 0 Å². The van der Waals surface area contributed by atoms with Gasteiger partial charge in [-0.2, -0.15) is 0 Å². The van der Waals surface area contributed by atoms with Gasteiger partial charge in [0.05, 0.1) is 7.11 Å². The fourth-order valence-electron chi connectivity index (χ4n) is 2.45. The molecule has 22 heavy (non-hydrogen) atoms. The summed E-state index contributed by atoms with van der Waals surface area (Å²) in [5.74, 6) is 1.72. The Bertz CT molecular complexity index is 582. The van der Waals surface area contributed by atoms with Gasteiger partial charge in [-0.25, -0.2) is 0 Å². The highest BCUT2D eigenvalue weighted by molar-refractivity contribution is 8.21. The van der Waals surface area contributed by atoms with Crippen molar-refractivity contribution in [1.82, 2.24) is 0 Å². The van der Waals surface area contributed by atoms with Gasteiger partial charge in [0.15, 0.2) is 5.78 Å². The maximum atomic E-state index is 12.4. The van der Waals surface area contributed by atoms with Gasteiger partial charge in [0, 0.05) is 15.7 Å². The van der Waals surface area contributed by atoms with Crippen LogP contribution < -0.4 is 4.74 Å². The predicted octanol–water partition coefficient (Wildman–Crippen LogP) is 4.87. The SMILES string of the molecule is COc1ccc(/C=C/[C@@H]2C[C@H]2C(=O)C(C)=C(SC)SC)cc1. The monoisotopic (exact) mass is 334 g/mol. The first-order valence-corrected chi connectivity index (χ1v) is 9.71. The van der Waals surface area contributed by atoms with E-state index < -0.39 is 0 Å². The average molecular weight is 335 g/mol. The molecule has 0 amide bonds. The van der Waals surface area contributed by atoms with Crippen molar-refractivity contribution in [2.75, 3.05) is 19.6 Å². The van der Waals surface area contributed by atoms with Gasteiger partial charge in [-0.15, -0.1) is 23.5 Å². The molecule has 2 rings (SSSR count). The smallest absolute Gasteiger partial charge is 0.163 e. The molecule has 1 aromatic rings. The lowest BCUT2D eigenvalue weighted by molar-refractivity contribution is -0.116. The van der Waals surface area contributed by atoms with Gasteiger partial charge in [-0.3, -0.25) is 4.79 Å². The molecule has 0 heterocycles. The molecule has 0 radical (unpaired) electrons. The molecule has 1 aliphatic carbocycles. The van der Waals surface area contributed by atoms with Gasteiger partial charge in [-0.1, -0.05) is 24.3 Å². The van der Waals surface area contributed by atoms with E-state index in [1.807, 2.05) is 43.7 Å². The fourth-order valence-corrected chi connectivity index (χ4v) is 3.93. The summed E-state index contributed by atoms with van der Waals surface area (Å²) < 4.78 is 6.28. The van der Waals surface area contributed by atoms with Crippen molar-refractivity contribution in [3.63, 3.8) is 0 Å². The minimum absolute atomic E-state index is 0.170. The lowest BCUT2D eigenvalue weighted by atomic mass is 10.1. The number of allylic oxidation sites excluding steroid dienone is 2. The fraction of sp³-hybridized carbons (Fsp3) is 0.389. The summed E-state index contributed by atoms with van der Waals surface area (Å²) in [6.45, 7) is 1.95. The van der Waals surface area contributed by atoms with Crippen molar-refractivity contribution >= 4 is 35.4 Å². The Labute approximate surface area is 141 Å². The number of hydrogen-bond donors (Lipinski definition) is 0. The number of ketones is 1. The van der Waals surface area contributed by atoms with Crippen LogP contribution in [0.1, 0.15) is 18.9 Å². The number of benzene rings is 1. The molecule has 1 fully saturated rings. The second-order valence-electron chi connectivity index (χ2n) is 5.32. The second-order valence-corrected chi connectivity index (χ2v) is 7.21. The quantitative estimate of drug-likeness (QED) is 0.665. The summed E-state index contributed by atoms with van der Waals surface area (Å²) in [6.07, 6.45) is 9.28. The number of rotatable bonds is 7. The van der Waals surface area contributed by atoms with Gasteiger partial charge in [0.1, 0.15) is 5.75 Å². The summed E-state index contributed by atoms with van der Waals surface area (Å²) in [5.41, 5.74) is 2.06. The van der Waals surface area contributed by atoms with Gasteiger partial charge in [0.2, 0.25) is 0 Å². The molecule has 1 aliphatic rings. The van der Waals surface area contributed by atoms with Crippen LogP contribution in [0.2, 0.25) is 0 Å². The van der Waals surface area contributed by atoms with E-state index in [0.29, 0.717) is 11.7 Å². The number of thioether (sulfide) groups is 2. The van der Waals surface area contributed by atoms with Crippen molar-refractivity contribution < 1.29 is 9.53 Å². The largest absolute Gasteiger partial charge is 0.497 e. The molecule has 118 valence electrons. The van der Waals surface area contributed by atoms with E-state index in [0.717, 1.165) is 27.5 Å². The Hall–Kier alpha value is -1.13. The van der Waals surface area contributed by atoms with Crippen molar-refractivity contribution in [3.8, 4) is 5.75 Å². The van der Waals surface area contributed by atoms with Crippen molar-refractivity contribution in [3.05, 3.63) is 45.7 Å². The van der Waals surface area contributed by atoms with Crippen LogP contribution in [0.4, 0.5) is 0 Å². The minimum atomic E-state index is 0.170. The van der Waals surface area contributed by atoms with Crippen LogP contribution in [0.5, 0.6) is 5.75 Å². The van der Waals surface area contributed by atoms with Crippen LogP contribution in [-0.4, -0.2) is 25.4 Å². The summed E-state index contributed by atoms with van der Waals surface area (Å²) in [7, 11) is 1.67. The molecular weight excluding hydrogens is 312 g/mol. The van der Waals surface area contributed by atoms with Gasteiger partial charge in [-0.05, 0) is 49.5 Å². The van der Waals surface area contributed by atoms with E-state index in [4.69, 9.17) is 4.74 Å². The molecule has 0 bridgehead atoms. The zero-order valence-corrected chi connectivity index (χ0v) is 15.1. The number of Topliss-reactive ketones (excluding diaryl/α,β-unsaturated/α-hetero) is 1. The van der Waals surface area contributed by atoms with Gasteiger partial charge < -0.3 is 4.74 Å². The third-order valence-electron chi connectivity index (χ3n) is 3.87. The van der Waals surface area contributed by atoms with E-state index in [2.05, 4.69) is 12.2 Å².